The third-order valence-electron chi connectivity index (χ3n) is 1.39. The van der Waals surface area contributed by atoms with Crippen molar-refractivity contribution in [2.75, 3.05) is 5.75 Å². The van der Waals surface area contributed by atoms with Crippen LogP contribution in [-0.4, -0.2) is 25.6 Å². The van der Waals surface area contributed by atoms with Gasteiger partial charge < -0.3 is 0 Å². The van der Waals surface area contributed by atoms with E-state index in [0.717, 1.165) is 6.92 Å². The molecule has 0 aromatic heterocycles. The molecule has 1 atom stereocenters. The lowest BCUT2D eigenvalue weighted by molar-refractivity contribution is -0.129. The minimum atomic E-state index is -4.50. The van der Waals surface area contributed by atoms with E-state index < -0.39 is 33.4 Å². The van der Waals surface area contributed by atoms with Gasteiger partial charge in [0.15, 0.2) is 9.84 Å². The molecule has 0 spiro atoms. The zero-order valence-corrected chi connectivity index (χ0v) is 7.61. The van der Waals surface area contributed by atoms with Gasteiger partial charge in [0, 0.05) is 0 Å². The van der Waals surface area contributed by atoms with Crippen molar-refractivity contribution in [1.29, 1.82) is 5.26 Å². The van der Waals surface area contributed by atoms with Crippen molar-refractivity contribution >= 4 is 9.84 Å². The summed E-state index contributed by atoms with van der Waals surface area (Å²) >= 11 is 0. The number of hydrogen-bond donors (Lipinski definition) is 0. The maximum atomic E-state index is 11.6. The quantitative estimate of drug-likeness (QED) is 0.712. The fraction of sp³-hybridized carbons (Fsp3) is 0.833. The SMILES string of the molecule is CC(C#N)S(=O)(=O)CCC(F)(F)F. The minimum Gasteiger partial charge on any atom is -0.227 e. The molecule has 0 aromatic carbocycles. The van der Waals surface area contributed by atoms with Gasteiger partial charge in [-0.1, -0.05) is 0 Å². The maximum absolute atomic E-state index is 11.6. The summed E-state index contributed by atoms with van der Waals surface area (Å²) in [6.45, 7) is 1.06. The lowest BCUT2D eigenvalue weighted by atomic mass is 10.5. The van der Waals surface area contributed by atoms with Crippen LogP contribution in [0, 0.1) is 11.3 Å². The second kappa shape index (κ2) is 3.96. The van der Waals surface area contributed by atoms with Crippen LogP contribution in [-0.2, 0) is 9.84 Å². The number of sulfone groups is 1. The number of halogens is 3. The first-order chi connectivity index (χ1) is 5.69. The average molecular weight is 215 g/mol. The van der Waals surface area contributed by atoms with Gasteiger partial charge in [-0.15, -0.1) is 0 Å². The molecule has 0 aliphatic carbocycles. The minimum absolute atomic E-state index is 1.02. The molecule has 0 amide bonds. The molecular formula is C6H8F3NO2S. The Bertz CT molecular complexity index is 301. The van der Waals surface area contributed by atoms with E-state index in [1.165, 1.54) is 6.07 Å². The zero-order valence-electron chi connectivity index (χ0n) is 6.80. The van der Waals surface area contributed by atoms with Crippen molar-refractivity contribution < 1.29 is 21.6 Å². The second-order valence-electron chi connectivity index (χ2n) is 2.50. The van der Waals surface area contributed by atoms with Gasteiger partial charge in [0.25, 0.3) is 0 Å². The van der Waals surface area contributed by atoms with Gasteiger partial charge in [0.2, 0.25) is 0 Å². The van der Waals surface area contributed by atoms with Crippen LogP contribution in [0.1, 0.15) is 13.3 Å². The highest BCUT2D eigenvalue weighted by Gasteiger charge is 2.31. The first kappa shape index (κ1) is 12.2. The van der Waals surface area contributed by atoms with Crippen molar-refractivity contribution in [3.8, 4) is 6.07 Å². The number of alkyl halides is 3. The van der Waals surface area contributed by atoms with Gasteiger partial charge in [-0.2, -0.15) is 18.4 Å². The smallest absolute Gasteiger partial charge is 0.227 e. The third kappa shape index (κ3) is 4.72. The predicted octanol–water partition coefficient (Wildman–Crippen LogP) is 1.27. The molecular weight excluding hydrogens is 207 g/mol. The molecule has 0 fully saturated rings. The van der Waals surface area contributed by atoms with Crippen LogP contribution >= 0.6 is 0 Å². The summed E-state index contributed by atoms with van der Waals surface area (Å²) in [7, 11) is -3.92. The summed E-state index contributed by atoms with van der Waals surface area (Å²) in [4.78, 5) is 0. The number of nitriles is 1. The van der Waals surface area contributed by atoms with Crippen molar-refractivity contribution in [3.63, 3.8) is 0 Å². The molecule has 0 aliphatic heterocycles. The molecule has 0 saturated carbocycles. The van der Waals surface area contributed by atoms with E-state index in [2.05, 4.69) is 0 Å². The molecule has 0 saturated heterocycles. The highest BCUT2D eigenvalue weighted by molar-refractivity contribution is 7.92. The van der Waals surface area contributed by atoms with E-state index in [-0.39, 0.29) is 0 Å². The normalized spacial score (nSPS) is 15.0. The van der Waals surface area contributed by atoms with Crippen molar-refractivity contribution in [1.82, 2.24) is 0 Å². The highest BCUT2D eigenvalue weighted by atomic mass is 32.2. The molecule has 0 aliphatic rings. The standard InChI is InChI=1S/C6H8F3NO2S/c1-5(4-10)13(11,12)3-2-6(7,8)9/h5H,2-3H2,1H3. The first-order valence-electron chi connectivity index (χ1n) is 3.37. The fourth-order valence-corrected chi connectivity index (χ4v) is 1.55. The van der Waals surface area contributed by atoms with Crippen LogP contribution in [0.2, 0.25) is 0 Å². The van der Waals surface area contributed by atoms with Gasteiger partial charge in [-0.05, 0) is 6.92 Å². The van der Waals surface area contributed by atoms with Crippen molar-refractivity contribution in [2.45, 2.75) is 24.8 Å². The Morgan fingerprint density at radius 1 is 1.46 bits per heavy atom. The van der Waals surface area contributed by atoms with E-state index in [4.69, 9.17) is 5.26 Å². The Balaban J connectivity index is 4.32. The van der Waals surface area contributed by atoms with Gasteiger partial charge in [0.1, 0.15) is 5.25 Å². The van der Waals surface area contributed by atoms with E-state index in [9.17, 15) is 21.6 Å². The molecule has 0 rings (SSSR count). The van der Waals surface area contributed by atoms with E-state index in [1.54, 1.807) is 0 Å². The summed E-state index contributed by atoms with van der Waals surface area (Å²) in [6, 6.07) is 1.39. The van der Waals surface area contributed by atoms with E-state index in [1.807, 2.05) is 0 Å². The van der Waals surface area contributed by atoms with E-state index >= 15 is 0 Å². The van der Waals surface area contributed by atoms with Gasteiger partial charge in [0.05, 0.1) is 18.2 Å². The van der Waals surface area contributed by atoms with Gasteiger partial charge in [-0.3, -0.25) is 0 Å². The maximum Gasteiger partial charge on any atom is 0.390 e. The van der Waals surface area contributed by atoms with Crippen molar-refractivity contribution in [3.05, 3.63) is 0 Å². The highest BCUT2D eigenvalue weighted by Crippen LogP contribution is 2.21. The molecule has 0 aromatic rings. The van der Waals surface area contributed by atoms with Crippen LogP contribution in [0.15, 0.2) is 0 Å². The van der Waals surface area contributed by atoms with Crippen LogP contribution in [0.5, 0.6) is 0 Å². The molecule has 13 heavy (non-hydrogen) atoms. The summed E-state index contributed by atoms with van der Waals surface area (Å²) in [6.07, 6.45) is -5.90. The van der Waals surface area contributed by atoms with Gasteiger partial charge in [-0.25, -0.2) is 8.42 Å². The molecule has 0 bridgehead atoms. The second-order valence-corrected chi connectivity index (χ2v) is 4.94. The molecule has 0 N–H and O–H groups in total. The molecule has 1 unspecified atom stereocenters. The predicted molar refractivity (Wildman–Crippen MR) is 39.5 cm³/mol. The summed E-state index contributed by atoms with van der Waals surface area (Å²) < 4.78 is 56.6. The van der Waals surface area contributed by atoms with Crippen LogP contribution < -0.4 is 0 Å². The average Bonchev–Trinajstić information content (AvgIpc) is 1.98. The third-order valence-corrected chi connectivity index (χ3v) is 3.35. The fourth-order valence-electron chi connectivity index (χ4n) is 0.515. The first-order valence-corrected chi connectivity index (χ1v) is 5.08. The van der Waals surface area contributed by atoms with Crippen molar-refractivity contribution in [2.24, 2.45) is 0 Å². The monoisotopic (exact) mass is 215 g/mol. The number of rotatable bonds is 3. The van der Waals surface area contributed by atoms with E-state index in [0.29, 0.717) is 0 Å². The molecule has 7 heteroatoms. The lowest BCUT2D eigenvalue weighted by Crippen LogP contribution is -2.23. The number of nitrogens with zero attached hydrogens (tertiary/aromatic N) is 1. The van der Waals surface area contributed by atoms with Crippen LogP contribution in [0.4, 0.5) is 13.2 Å². The summed E-state index contributed by atoms with van der Waals surface area (Å²) in [5.74, 6) is -1.02. The van der Waals surface area contributed by atoms with Crippen LogP contribution in [0.3, 0.4) is 0 Å². The van der Waals surface area contributed by atoms with Crippen LogP contribution in [0.25, 0.3) is 0 Å². The largest absolute Gasteiger partial charge is 0.390 e. The lowest BCUT2D eigenvalue weighted by Gasteiger charge is -2.07. The Morgan fingerprint density at radius 3 is 2.23 bits per heavy atom. The Hall–Kier alpha value is -0.770. The molecule has 0 radical (unpaired) electrons. The molecule has 3 nitrogen and oxygen atoms in total. The Morgan fingerprint density at radius 2 is 1.92 bits per heavy atom. The summed E-state index contributed by atoms with van der Waals surface area (Å²) in [5, 5.41) is 6.81. The topological polar surface area (TPSA) is 57.9 Å². The Kier molecular flexibility index (Phi) is 3.72. The Labute approximate surface area is 74.1 Å². The zero-order chi connectivity index (χ0) is 10.7. The number of hydrogen-bond acceptors (Lipinski definition) is 3. The molecule has 0 heterocycles. The van der Waals surface area contributed by atoms with Gasteiger partial charge >= 0.3 is 6.18 Å². The molecule has 76 valence electrons. The summed E-state index contributed by atoms with van der Waals surface area (Å²) in [5.41, 5.74) is 0.